The van der Waals surface area contributed by atoms with Crippen molar-refractivity contribution in [2.45, 2.75) is 19.4 Å². The third-order valence-electron chi connectivity index (χ3n) is 3.20. The maximum absolute atomic E-state index is 6.14. The molecule has 17 heavy (non-hydrogen) atoms. The number of nitrogen functional groups attached to an aromatic ring is 1. The number of methoxy groups -OCH3 is 1. The monoisotopic (exact) mass is 236 g/mol. The summed E-state index contributed by atoms with van der Waals surface area (Å²) in [7, 11) is 1.64. The van der Waals surface area contributed by atoms with E-state index in [2.05, 4.69) is 18.7 Å². The summed E-state index contributed by atoms with van der Waals surface area (Å²) in [6, 6.07) is 5.88. The molecule has 1 aromatic carbocycles. The minimum absolute atomic E-state index is 0.0429. The van der Waals surface area contributed by atoms with Gasteiger partial charge >= 0.3 is 0 Å². The molecule has 0 spiro atoms. The number of benzene rings is 1. The van der Waals surface area contributed by atoms with Crippen molar-refractivity contribution in [1.29, 1.82) is 0 Å². The largest absolute Gasteiger partial charge is 0.495 e. The van der Waals surface area contributed by atoms with Crippen molar-refractivity contribution in [3.8, 4) is 5.75 Å². The van der Waals surface area contributed by atoms with Crippen LogP contribution in [0.5, 0.6) is 5.75 Å². The molecule has 1 aliphatic rings. The first-order valence-corrected chi connectivity index (χ1v) is 5.84. The summed E-state index contributed by atoms with van der Waals surface area (Å²) < 4.78 is 10.8. The zero-order chi connectivity index (χ0) is 12.5. The maximum atomic E-state index is 6.14. The Bertz CT molecular complexity index is 404. The molecule has 0 radical (unpaired) electrons. The van der Waals surface area contributed by atoms with Crippen LogP contribution in [0.2, 0.25) is 0 Å². The first kappa shape index (κ1) is 12.0. The van der Waals surface area contributed by atoms with Crippen molar-refractivity contribution >= 4 is 11.4 Å². The second-order valence-corrected chi connectivity index (χ2v) is 4.91. The van der Waals surface area contributed by atoms with E-state index in [1.807, 2.05) is 18.2 Å². The van der Waals surface area contributed by atoms with Crippen LogP contribution in [-0.4, -0.2) is 32.4 Å². The molecule has 4 nitrogen and oxygen atoms in total. The van der Waals surface area contributed by atoms with Crippen molar-refractivity contribution in [3.05, 3.63) is 18.2 Å². The van der Waals surface area contributed by atoms with Gasteiger partial charge in [-0.15, -0.1) is 0 Å². The minimum Gasteiger partial charge on any atom is -0.495 e. The third-order valence-corrected chi connectivity index (χ3v) is 3.20. The van der Waals surface area contributed by atoms with Gasteiger partial charge in [-0.1, -0.05) is 6.07 Å². The average molecular weight is 236 g/mol. The molecule has 1 aliphatic heterocycles. The normalized spacial score (nSPS) is 19.1. The zero-order valence-corrected chi connectivity index (χ0v) is 10.7. The molecule has 1 heterocycles. The van der Waals surface area contributed by atoms with Gasteiger partial charge in [0.2, 0.25) is 0 Å². The zero-order valence-electron chi connectivity index (χ0n) is 10.7. The van der Waals surface area contributed by atoms with Gasteiger partial charge in [0.15, 0.2) is 0 Å². The van der Waals surface area contributed by atoms with E-state index >= 15 is 0 Å². The molecule has 1 fully saturated rings. The van der Waals surface area contributed by atoms with Crippen molar-refractivity contribution in [2.24, 2.45) is 0 Å². The lowest BCUT2D eigenvalue weighted by molar-refractivity contribution is 0.0645. The fourth-order valence-electron chi connectivity index (χ4n) is 2.25. The number of hydrogen-bond acceptors (Lipinski definition) is 4. The lowest BCUT2D eigenvalue weighted by Gasteiger charge is -2.44. The van der Waals surface area contributed by atoms with Gasteiger partial charge in [-0.2, -0.15) is 0 Å². The summed E-state index contributed by atoms with van der Waals surface area (Å²) in [5, 5.41) is 0. The van der Waals surface area contributed by atoms with Gasteiger partial charge in [0.25, 0.3) is 0 Å². The lowest BCUT2D eigenvalue weighted by Crippen LogP contribution is -2.53. The van der Waals surface area contributed by atoms with Crippen molar-refractivity contribution in [2.75, 3.05) is 37.5 Å². The number of morpholine rings is 1. The van der Waals surface area contributed by atoms with Gasteiger partial charge < -0.3 is 20.1 Å². The predicted molar refractivity (Wildman–Crippen MR) is 69.7 cm³/mol. The summed E-state index contributed by atoms with van der Waals surface area (Å²) in [5.41, 5.74) is 7.82. The second-order valence-electron chi connectivity index (χ2n) is 4.91. The fraction of sp³-hybridized carbons (Fsp3) is 0.538. The van der Waals surface area contributed by atoms with Gasteiger partial charge in [0.05, 0.1) is 37.2 Å². The van der Waals surface area contributed by atoms with Gasteiger partial charge in [-0.3, -0.25) is 0 Å². The SMILES string of the molecule is COc1cccc(N2CCOCC2(C)C)c1N. The molecular weight excluding hydrogens is 216 g/mol. The summed E-state index contributed by atoms with van der Waals surface area (Å²) in [6.07, 6.45) is 0. The highest BCUT2D eigenvalue weighted by Gasteiger charge is 2.32. The molecule has 2 N–H and O–H groups in total. The number of hydrogen-bond donors (Lipinski definition) is 1. The maximum Gasteiger partial charge on any atom is 0.143 e. The number of rotatable bonds is 2. The van der Waals surface area contributed by atoms with Crippen LogP contribution < -0.4 is 15.4 Å². The van der Waals surface area contributed by atoms with E-state index in [4.69, 9.17) is 15.2 Å². The van der Waals surface area contributed by atoms with Crippen molar-refractivity contribution in [1.82, 2.24) is 0 Å². The van der Waals surface area contributed by atoms with Crippen LogP contribution in [0.15, 0.2) is 18.2 Å². The van der Waals surface area contributed by atoms with Gasteiger partial charge in [0.1, 0.15) is 5.75 Å². The molecule has 0 atom stereocenters. The van der Waals surface area contributed by atoms with Crippen LogP contribution in [0, 0.1) is 0 Å². The van der Waals surface area contributed by atoms with E-state index < -0.39 is 0 Å². The molecule has 2 rings (SSSR count). The Morgan fingerprint density at radius 2 is 2.18 bits per heavy atom. The van der Waals surface area contributed by atoms with E-state index in [1.54, 1.807) is 7.11 Å². The molecule has 0 aliphatic carbocycles. The quantitative estimate of drug-likeness (QED) is 0.797. The molecule has 1 saturated heterocycles. The lowest BCUT2D eigenvalue weighted by atomic mass is 10.0. The van der Waals surface area contributed by atoms with E-state index in [-0.39, 0.29) is 5.54 Å². The number of nitrogens with zero attached hydrogens (tertiary/aromatic N) is 1. The molecule has 0 bridgehead atoms. The number of para-hydroxylation sites is 1. The van der Waals surface area contributed by atoms with E-state index in [1.165, 1.54) is 0 Å². The van der Waals surface area contributed by atoms with Gasteiger partial charge in [-0.25, -0.2) is 0 Å². The Morgan fingerprint density at radius 1 is 1.41 bits per heavy atom. The highest BCUT2D eigenvalue weighted by atomic mass is 16.5. The van der Waals surface area contributed by atoms with Crippen molar-refractivity contribution < 1.29 is 9.47 Å². The molecule has 94 valence electrons. The molecule has 0 saturated carbocycles. The molecule has 0 unspecified atom stereocenters. The molecule has 1 aromatic rings. The molecule has 0 amide bonds. The smallest absolute Gasteiger partial charge is 0.143 e. The van der Waals surface area contributed by atoms with Crippen LogP contribution in [0.1, 0.15) is 13.8 Å². The Balaban J connectivity index is 2.39. The second kappa shape index (κ2) is 4.45. The van der Waals surface area contributed by atoms with Gasteiger partial charge in [-0.05, 0) is 26.0 Å². The Morgan fingerprint density at radius 3 is 2.82 bits per heavy atom. The van der Waals surface area contributed by atoms with Crippen LogP contribution in [0.3, 0.4) is 0 Å². The first-order valence-electron chi connectivity index (χ1n) is 5.84. The van der Waals surface area contributed by atoms with Crippen LogP contribution in [0.25, 0.3) is 0 Å². The minimum atomic E-state index is -0.0429. The average Bonchev–Trinajstić information content (AvgIpc) is 2.30. The van der Waals surface area contributed by atoms with Crippen LogP contribution in [-0.2, 0) is 4.74 Å². The molecular formula is C13H20N2O2. The Kier molecular flexibility index (Phi) is 3.15. The Hall–Kier alpha value is -1.42. The van der Waals surface area contributed by atoms with E-state index in [0.717, 1.165) is 24.6 Å². The van der Waals surface area contributed by atoms with E-state index in [9.17, 15) is 0 Å². The van der Waals surface area contributed by atoms with Crippen LogP contribution in [0.4, 0.5) is 11.4 Å². The highest BCUT2D eigenvalue weighted by molar-refractivity contribution is 5.75. The van der Waals surface area contributed by atoms with E-state index in [0.29, 0.717) is 12.3 Å². The summed E-state index contributed by atoms with van der Waals surface area (Å²) in [6.45, 7) is 6.62. The summed E-state index contributed by atoms with van der Waals surface area (Å²) >= 11 is 0. The third kappa shape index (κ3) is 2.17. The van der Waals surface area contributed by atoms with Crippen molar-refractivity contribution in [3.63, 3.8) is 0 Å². The number of nitrogens with two attached hydrogens (primary N) is 1. The van der Waals surface area contributed by atoms with Crippen LogP contribution >= 0.6 is 0 Å². The highest BCUT2D eigenvalue weighted by Crippen LogP contribution is 2.36. The summed E-state index contributed by atoms with van der Waals surface area (Å²) in [5.74, 6) is 0.727. The number of ether oxygens (including phenoxy) is 2. The standard InChI is InChI=1S/C13H20N2O2/c1-13(2)9-17-8-7-15(13)10-5-4-6-11(16-3)12(10)14/h4-6H,7-9,14H2,1-3H3. The number of anilines is 2. The summed E-state index contributed by atoms with van der Waals surface area (Å²) in [4.78, 5) is 2.29. The fourth-order valence-corrected chi connectivity index (χ4v) is 2.25. The Labute approximate surface area is 102 Å². The predicted octanol–water partition coefficient (Wildman–Crippen LogP) is 1.89. The molecule has 4 heteroatoms. The molecule has 0 aromatic heterocycles. The topological polar surface area (TPSA) is 47.7 Å². The first-order chi connectivity index (χ1) is 8.06. The van der Waals surface area contributed by atoms with Gasteiger partial charge in [0, 0.05) is 6.54 Å².